The van der Waals surface area contributed by atoms with Gasteiger partial charge in [-0.05, 0) is 38.2 Å². The average molecular weight is 454 g/mol. The van der Waals surface area contributed by atoms with Gasteiger partial charge in [0.1, 0.15) is 5.60 Å². The van der Waals surface area contributed by atoms with E-state index < -0.39 is 22.5 Å². The van der Waals surface area contributed by atoms with Gasteiger partial charge in [-0.1, -0.05) is 18.5 Å². The zero-order chi connectivity index (χ0) is 22.1. The standard InChI is InChI=1S/C20H19ClF3N5O2/c1-2-19(31,10-7-14(21)16(25-8-10)20(22,23)24)17-13-9-26-29(12-5-6-12)18(30)15(13)27-28(17)11-3-4-11/h7-9,11-12,31H,2-6H2,1H3/t19-/m0/s1. The molecule has 3 heterocycles. The first-order valence-corrected chi connectivity index (χ1v) is 10.5. The topological polar surface area (TPSA) is 85.8 Å². The van der Waals surface area contributed by atoms with Gasteiger partial charge in [-0.2, -0.15) is 23.4 Å². The molecule has 164 valence electrons. The summed E-state index contributed by atoms with van der Waals surface area (Å²) in [7, 11) is 0. The van der Waals surface area contributed by atoms with Crippen molar-refractivity contribution in [3.8, 4) is 0 Å². The second kappa shape index (κ2) is 6.77. The van der Waals surface area contributed by atoms with Crippen LogP contribution in [0.4, 0.5) is 13.2 Å². The molecule has 0 bridgehead atoms. The van der Waals surface area contributed by atoms with Crippen molar-refractivity contribution in [1.82, 2.24) is 24.5 Å². The predicted molar refractivity (Wildman–Crippen MR) is 106 cm³/mol. The molecule has 0 saturated heterocycles. The number of hydrogen-bond donors (Lipinski definition) is 1. The molecule has 2 fully saturated rings. The van der Waals surface area contributed by atoms with Crippen molar-refractivity contribution in [3.63, 3.8) is 0 Å². The number of fused-ring (bicyclic) bond motifs is 1. The molecule has 0 aromatic carbocycles. The van der Waals surface area contributed by atoms with Gasteiger partial charge in [-0.25, -0.2) is 9.67 Å². The number of halogens is 4. The van der Waals surface area contributed by atoms with E-state index in [2.05, 4.69) is 15.2 Å². The fourth-order valence-corrected chi connectivity index (χ4v) is 4.24. The van der Waals surface area contributed by atoms with Crippen molar-refractivity contribution in [2.75, 3.05) is 0 Å². The third-order valence-corrected chi connectivity index (χ3v) is 6.23. The molecule has 3 aromatic rings. The highest BCUT2D eigenvalue weighted by atomic mass is 35.5. The van der Waals surface area contributed by atoms with Gasteiger partial charge in [0, 0.05) is 11.8 Å². The van der Waals surface area contributed by atoms with Crippen LogP contribution in [-0.2, 0) is 11.8 Å². The first-order chi connectivity index (χ1) is 14.6. The first kappa shape index (κ1) is 20.4. The van der Waals surface area contributed by atoms with Gasteiger partial charge in [-0.3, -0.25) is 9.48 Å². The fourth-order valence-electron chi connectivity index (χ4n) is 3.96. The smallest absolute Gasteiger partial charge is 0.379 e. The maximum Gasteiger partial charge on any atom is 0.434 e. The van der Waals surface area contributed by atoms with Crippen LogP contribution in [0.3, 0.4) is 0 Å². The van der Waals surface area contributed by atoms with Gasteiger partial charge in [0.15, 0.2) is 11.2 Å². The van der Waals surface area contributed by atoms with Crippen LogP contribution >= 0.6 is 11.6 Å². The molecule has 5 rings (SSSR count). The summed E-state index contributed by atoms with van der Waals surface area (Å²) in [4.78, 5) is 16.4. The number of hydrogen-bond acceptors (Lipinski definition) is 5. The summed E-state index contributed by atoms with van der Waals surface area (Å²) in [6.07, 6.45) is 1.31. The number of nitrogens with zero attached hydrogens (tertiary/aromatic N) is 5. The minimum atomic E-state index is -4.71. The summed E-state index contributed by atoms with van der Waals surface area (Å²) < 4.78 is 42.3. The summed E-state index contributed by atoms with van der Waals surface area (Å²) >= 11 is 5.88. The molecular weight excluding hydrogens is 435 g/mol. The molecule has 0 spiro atoms. The normalized spacial score (nSPS) is 19.0. The lowest BCUT2D eigenvalue weighted by molar-refractivity contribution is -0.141. The zero-order valence-electron chi connectivity index (χ0n) is 16.5. The lowest BCUT2D eigenvalue weighted by Gasteiger charge is -2.29. The number of pyridine rings is 1. The van der Waals surface area contributed by atoms with Gasteiger partial charge in [-0.15, -0.1) is 0 Å². The van der Waals surface area contributed by atoms with Crippen molar-refractivity contribution in [3.05, 3.63) is 50.8 Å². The van der Waals surface area contributed by atoms with E-state index in [1.54, 1.807) is 11.6 Å². The van der Waals surface area contributed by atoms with Crippen LogP contribution in [0.5, 0.6) is 0 Å². The Labute approximate surface area is 179 Å². The Morgan fingerprint density at radius 1 is 1.16 bits per heavy atom. The molecule has 0 radical (unpaired) electrons. The number of aromatic nitrogens is 5. The van der Waals surface area contributed by atoms with E-state index in [4.69, 9.17) is 11.6 Å². The molecule has 7 nitrogen and oxygen atoms in total. The summed E-state index contributed by atoms with van der Waals surface area (Å²) in [5.74, 6) is 0. The highest BCUT2D eigenvalue weighted by Crippen LogP contribution is 2.44. The third-order valence-electron chi connectivity index (χ3n) is 5.95. The second-order valence-corrected chi connectivity index (χ2v) is 8.59. The lowest BCUT2D eigenvalue weighted by Crippen LogP contribution is -2.31. The van der Waals surface area contributed by atoms with Crippen LogP contribution in [0, 0.1) is 0 Å². The van der Waals surface area contributed by atoms with Crippen LogP contribution < -0.4 is 5.56 Å². The molecule has 11 heteroatoms. The molecule has 1 N–H and O–H groups in total. The Morgan fingerprint density at radius 2 is 1.81 bits per heavy atom. The van der Waals surface area contributed by atoms with Crippen LogP contribution in [-0.4, -0.2) is 29.7 Å². The fraction of sp³-hybridized carbons (Fsp3) is 0.500. The van der Waals surface area contributed by atoms with Crippen LogP contribution in [0.2, 0.25) is 5.02 Å². The van der Waals surface area contributed by atoms with Crippen LogP contribution in [0.25, 0.3) is 10.9 Å². The molecule has 1 atom stereocenters. The molecule has 31 heavy (non-hydrogen) atoms. The average Bonchev–Trinajstić information content (AvgIpc) is 3.64. The maximum absolute atomic E-state index is 13.1. The highest BCUT2D eigenvalue weighted by Gasteiger charge is 2.42. The van der Waals surface area contributed by atoms with E-state index in [9.17, 15) is 23.1 Å². The quantitative estimate of drug-likeness (QED) is 0.631. The first-order valence-electron chi connectivity index (χ1n) is 10.1. The number of alkyl halides is 3. The maximum atomic E-state index is 13.1. The highest BCUT2D eigenvalue weighted by molar-refractivity contribution is 6.31. The van der Waals surface area contributed by atoms with Gasteiger partial charge in [0.05, 0.1) is 34.4 Å². The van der Waals surface area contributed by atoms with Crippen LogP contribution in [0.1, 0.15) is 68.1 Å². The lowest BCUT2D eigenvalue weighted by atomic mass is 9.87. The van der Waals surface area contributed by atoms with E-state index in [1.807, 2.05) is 0 Å². The molecule has 2 aliphatic carbocycles. The second-order valence-electron chi connectivity index (χ2n) is 8.18. The van der Waals surface area contributed by atoms with Gasteiger partial charge >= 0.3 is 6.18 Å². The van der Waals surface area contributed by atoms with Crippen molar-refractivity contribution >= 4 is 22.5 Å². The molecule has 2 aliphatic rings. The Hall–Kier alpha value is -2.46. The Kier molecular flexibility index (Phi) is 4.46. The summed E-state index contributed by atoms with van der Waals surface area (Å²) in [5.41, 5.74) is -2.67. The Bertz CT molecular complexity index is 1250. The monoisotopic (exact) mass is 453 g/mol. The van der Waals surface area contributed by atoms with Gasteiger partial charge in [0.2, 0.25) is 0 Å². The molecule has 3 aromatic heterocycles. The number of rotatable bonds is 5. The van der Waals surface area contributed by atoms with Crippen molar-refractivity contribution in [2.45, 2.75) is 62.9 Å². The minimum Gasteiger partial charge on any atom is -0.379 e. The largest absolute Gasteiger partial charge is 0.434 e. The zero-order valence-corrected chi connectivity index (χ0v) is 17.3. The van der Waals surface area contributed by atoms with Crippen molar-refractivity contribution in [1.29, 1.82) is 0 Å². The predicted octanol–water partition coefficient (Wildman–Crippen LogP) is 3.98. The molecule has 0 unspecified atom stereocenters. The van der Waals surface area contributed by atoms with E-state index in [1.165, 1.54) is 10.9 Å². The van der Waals surface area contributed by atoms with Gasteiger partial charge in [0.25, 0.3) is 5.56 Å². The van der Waals surface area contributed by atoms with Crippen molar-refractivity contribution < 1.29 is 18.3 Å². The third kappa shape index (κ3) is 3.23. The van der Waals surface area contributed by atoms with Crippen molar-refractivity contribution in [2.24, 2.45) is 0 Å². The van der Waals surface area contributed by atoms with Crippen LogP contribution in [0.15, 0.2) is 23.3 Å². The molecular formula is C20H19ClF3N5O2. The molecule has 2 saturated carbocycles. The summed E-state index contributed by atoms with van der Waals surface area (Å²) in [6, 6.07) is 1.15. The Balaban J connectivity index is 1.72. The van der Waals surface area contributed by atoms with E-state index in [0.717, 1.165) is 37.9 Å². The number of aliphatic hydroxyl groups is 1. The van der Waals surface area contributed by atoms with Gasteiger partial charge < -0.3 is 5.11 Å². The Morgan fingerprint density at radius 3 is 2.35 bits per heavy atom. The summed E-state index contributed by atoms with van der Waals surface area (Å²) in [5, 5.41) is 20.3. The van der Waals surface area contributed by atoms with E-state index in [-0.39, 0.29) is 35.1 Å². The van der Waals surface area contributed by atoms with E-state index in [0.29, 0.717) is 11.1 Å². The summed E-state index contributed by atoms with van der Waals surface area (Å²) in [6.45, 7) is 1.69. The molecule has 0 amide bonds. The molecule has 0 aliphatic heterocycles. The van der Waals surface area contributed by atoms with E-state index >= 15 is 0 Å². The SMILES string of the molecule is CC[C@](O)(c1cnc(C(F)(F)F)c(Cl)c1)c1c2cnn(C3CC3)c(=O)c2nn1C1CC1. The minimum absolute atomic E-state index is 0.00660.